The van der Waals surface area contributed by atoms with Crippen molar-refractivity contribution in [1.29, 1.82) is 0 Å². The van der Waals surface area contributed by atoms with E-state index in [1.807, 2.05) is 51.2 Å². The van der Waals surface area contributed by atoms with E-state index in [4.69, 9.17) is 23.7 Å². The topological polar surface area (TPSA) is 195 Å². The van der Waals surface area contributed by atoms with E-state index in [0.717, 1.165) is 5.57 Å². The number of rotatable bonds is 5. The predicted octanol–water partition coefficient (Wildman–Crippen LogP) is 5.40. The summed E-state index contributed by atoms with van der Waals surface area (Å²) in [5.41, 5.74) is 1.28. The lowest BCUT2D eigenvalue weighted by atomic mass is 9.68. The average Bonchev–Trinajstić information content (AvgIpc) is 3.27. The maximum Gasteiger partial charge on any atom is 0.329 e. The zero-order chi connectivity index (χ0) is 47.0. The van der Waals surface area contributed by atoms with Crippen molar-refractivity contribution in [2.75, 3.05) is 27.9 Å². The van der Waals surface area contributed by atoms with Crippen LogP contribution in [0, 0.1) is 41.4 Å². The minimum atomic E-state index is -2.43. The van der Waals surface area contributed by atoms with Crippen molar-refractivity contribution in [2.45, 2.75) is 167 Å². The van der Waals surface area contributed by atoms with E-state index in [2.05, 4.69) is 0 Å². The number of piperidine rings is 1. The summed E-state index contributed by atoms with van der Waals surface area (Å²) in [5, 5.41) is 34.1. The van der Waals surface area contributed by atoms with Gasteiger partial charge in [-0.05, 0) is 101 Å². The van der Waals surface area contributed by atoms with Gasteiger partial charge in [-0.3, -0.25) is 19.2 Å². The summed E-state index contributed by atoms with van der Waals surface area (Å²) in [6, 6.07) is -1.12. The number of amides is 1. The Balaban J connectivity index is 1.51. The third-order valence-electron chi connectivity index (χ3n) is 14.9. The Labute approximate surface area is 379 Å². The van der Waals surface area contributed by atoms with Crippen LogP contribution in [0.25, 0.3) is 0 Å². The normalized spacial score (nSPS) is 43.2. The fourth-order valence-electron chi connectivity index (χ4n) is 10.9. The summed E-state index contributed by atoms with van der Waals surface area (Å²) in [7, 11) is 4.52. The predicted molar refractivity (Wildman–Crippen MR) is 238 cm³/mol. The number of ketones is 3. The van der Waals surface area contributed by atoms with Crippen LogP contribution < -0.4 is 0 Å². The number of Topliss-reactive ketones (excluding diaryl/α,β-unsaturated/α-hetero) is 3. The molecule has 1 amide bonds. The smallest absolute Gasteiger partial charge is 0.329 e. The summed E-state index contributed by atoms with van der Waals surface area (Å²) in [6.45, 7) is 10.9. The quantitative estimate of drug-likeness (QED) is 0.181. The molecule has 14 heteroatoms. The molecule has 0 aromatic heterocycles. The Morgan fingerprint density at radius 2 is 1.58 bits per heavy atom. The van der Waals surface area contributed by atoms with Crippen LogP contribution in [0.4, 0.5) is 0 Å². The molecule has 4 heterocycles. The first-order valence-electron chi connectivity index (χ1n) is 23.5. The van der Waals surface area contributed by atoms with Crippen LogP contribution in [0.3, 0.4) is 0 Å². The highest BCUT2D eigenvalue weighted by Crippen LogP contribution is 2.45. The second kappa shape index (κ2) is 22.9. The minimum absolute atomic E-state index is 0.0231. The maximum atomic E-state index is 14.4. The van der Waals surface area contributed by atoms with Gasteiger partial charge in [0.25, 0.3) is 11.7 Å². The van der Waals surface area contributed by atoms with Crippen LogP contribution in [0.2, 0.25) is 0 Å². The van der Waals surface area contributed by atoms with Crippen molar-refractivity contribution < 1.29 is 63.0 Å². The molecule has 358 valence electrons. The fraction of sp³-hybridized carbons (Fsp3) is 0.740. The molecule has 5 rings (SSSR count). The Morgan fingerprint density at radius 1 is 0.844 bits per heavy atom. The van der Waals surface area contributed by atoms with E-state index in [-0.39, 0.29) is 42.5 Å². The molecule has 0 aromatic rings. The number of aliphatic hydroxyl groups is 3. The summed E-state index contributed by atoms with van der Waals surface area (Å²) >= 11 is 0. The number of hydrogen-bond acceptors (Lipinski definition) is 13. The first-order chi connectivity index (χ1) is 30.3. The molecule has 5 aliphatic rings. The van der Waals surface area contributed by atoms with Crippen molar-refractivity contribution in [1.82, 2.24) is 4.90 Å². The molecule has 4 aliphatic heterocycles. The molecule has 4 bridgehead atoms. The molecular weight excluding hydrogens is 823 g/mol. The second-order valence-electron chi connectivity index (χ2n) is 19.5. The third kappa shape index (κ3) is 12.0. The number of ether oxygens (including phenoxy) is 5. The Bertz CT molecular complexity index is 1790. The van der Waals surface area contributed by atoms with Crippen LogP contribution in [-0.4, -0.2) is 132 Å². The van der Waals surface area contributed by atoms with E-state index in [0.29, 0.717) is 69.8 Å². The van der Waals surface area contributed by atoms with Crippen LogP contribution in [0.1, 0.15) is 112 Å². The maximum absolute atomic E-state index is 14.4. The molecular formula is C50H75NO13. The van der Waals surface area contributed by atoms with Gasteiger partial charge in [0.1, 0.15) is 30.1 Å². The first kappa shape index (κ1) is 51.6. The van der Waals surface area contributed by atoms with Crippen LogP contribution in [-0.2, 0) is 47.7 Å². The molecule has 3 N–H and O–H groups in total. The van der Waals surface area contributed by atoms with Gasteiger partial charge in [-0.2, -0.15) is 0 Å². The number of carbonyl (C=O) groups excluding carboxylic acids is 5. The molecule has 3 saturated heterocycles. The first-order valence-corrected chi connectivity index (χ1v) is 23.5. The molecule has 1 unspecified atom stereocenters. The molecule has 1 aliphatic carbocycles. The highest BCUT2D eigenvalue weighted by Gasteiger charge is 2.57. The molecule has 64 heavy (non-hydrogen) atoms. The van der Waals surface area contributed by atoms with E-state index in [1.54, 1.807) is 41.1 Å². The fourth-order valence-corrected chi connectivity index (χ4v) is 10.9. The lowest BCUT2D eigenvalue weighted by Crippen LogP contribution is -2.65. The van der Waals surface area contributed by atoms with Gasteiger partial charge in [-0.25, -0.2) is 4.79 Å². The Morgan fingerprint density at radius 3 is 2.27 bits per heavy atom. The molecule has 0 aromatic carbocycles. The van der Waals surface area contributed by atoms with Gasteiger partial charge in [0.05, 0.1) is 24.4 Å². The number of nitrogens with zero attached hydrogens (tertiary/aromatic N) is 1. The SMILES string of the molecule is CO[C@H]1C[C@@H]2CC[C@@H](C)[C@@](O)(O2)C(=O)C(=O)N2CCC[C@@H]3C(C[C@@H]4CC[C@@H](O)[C@H](OC)C4)[C@H](CC(=O)[C@H](C)/C=C(\C)[C@@H](O)[C@@H](OC)C(=O)[C@H](C)C[C@H](C)/C=C/C=C/C=C/1C)OC(=O)[C@H]32. The Kier molecular flexibility index (Phi) is 18.5. The van der Waals surface area contributed by atoms with Crippen molar-refractivity contribution in [3.63, 3.8) is 0 Å². The van der Waals surface area contributed by atoms with Gasteiger partial charge >= 0.3 is 5.97 Å². The van der Waals surface area contributed by atoms with Gasteiger partial charge in [0, 0.05) is 64.4 Å². The lowest BCUT2D eigenvalue weighted by molar-refractivity contribution is -0.266. The van der Waals surface area contributed by atoms with E-state index < -0.39 is 95.7 Å². The van der Waals surface area contributed by atoms with Crippen molar-refractivity contribution in [3.8, 4) is 0 Å². The van der Waals surface area contributed by atoms with Gasteiger partial charge in [0.2, 0.25) is 5.79 Å². The standard InChI is InChI=1S/C50H75NO13/c1-28-14-11-10-12-15-29(2)40(60-7)26-35-19-17-33(6)50(59,64-35)47(56)48(57)51-21-13-16-36-37(24-34-18-20-38(52)42(25-34)61-8)41(63-49(58)43(36)51)27-39(53)30(3)23-32(5)45(55)46(62-9)44(54)31(4)22-28/h10-12,14-15,23,28,30-31,33-38,40-43,45-46,52,55,59H,13,16-22,24-27H2,1-9H3/b12-10+,14-11+,29-15+,32-23+/t28-,30-,31-,33-,34+,35+,36-,37?,38-,40+,41+,42-,43+,45-,46+,50-/m1/s1. The van der Waals surface area contributed by atoms with Crippen LogP contribution >= 0.6 is 0 Å². The number of allylic oxidation sites excluding steroid dienone is 6. The monoisotopic (exact) mass is 898 g/mol. The average molecular weight is 898 g/mol. The van der Waals surface area contributed by atoms with Crippen molar-refractivity contribution in [2.24, 2.45) is 41.4 Å². The highest BCUT2D eigenvalue weighted by atomic mass is 16.6. The van der Waals surface area contributed by atoms with Gasteiger partial charge in [0.15, 0.2) is 5.78 Å². The number of methoxy groups -OCH3 is 3. The number of carbonyl (C=O) groups is 5. The van der Waals surface area contributed by atoms with Crippen molar-refractivity contribution in [3.05, 3.63) is 47.6 Å². The van der Waals surface area contributed by atoms with E-state index in [9.17, 15) is 39.3 Å². The summed E-state index contributed by atoms with van der Waals surface area (Å²) in [4.78, 5) is 72.0. The number of esters is 1. The number of fused-ring (bicyclic) bond motifs is 4. The zero-order valence-corrected chi connectivity index (χ0v) is 39.5. The number of aliphatic hydroxyl groups excluding tert-OH is 2. The molecule has 1 saturated carbocycles. The van der Waals surface area contributed by atoms with Crippen molar-refractivity contribution >= 4 is 29.2 Å². The summed E-state index contributed by atoms with van der Waals surface area (Å²) in [5.74, 6) is -8.43. The van der Waals surface area contributed by atoms with Gasteiger partial charge < -0.3 is 43.9 Å². The lowest BCUT2D eigenvalue weighted by Gasteiger charge is -2.50. The highest BCUT2D eigenvalue weighted by molar-refractivity contribution is 6.39. The Hall–Kier alpha value is -3.37. The van der Waals surface area contributed by atoms with Gasteiger partial charge in [-0.1, -0.05) is 64.2 Å². The summed E-state index contributed by atoms with van der Waals surface area (Å²) < 4.78 is 29.4. The minimum Gasteiger partial charge on any atom is -0.460 e. The second-order valence-corrected chi connectivity index (χ2v) is 19.5. The molecule has 4 fully saturated rings. The van der Waals surface area contributed by atoms with Gasteiger partial charge in [-0.15, -0.1) is 0 Å². The third-order valence-corrected chi connectivity index (χ3v) is 14.9. The largest absolute Gasteiger partial charge is 0.460 e. The molecule has 16 atom stereocenters. The summed E-state index contributed by atoms with van der Waals surface area (Å²) in [6.07, 6.45) is 10.8. The van der Waals surface area contributed by atoms with E-state index >= 15 is 0 Å². The molecule has 0 radical (unpaired) electrons. The zero-order valence-electron chi connectivity index (χ0n) is 39.5. The van der Waals surface area contributed by atoms with E-state index in [1.165, 1.54) is 12.0 Å². The van der Waals surface area contributed by atoms with Crippen LogP contribution in [0.15, 0.2) is 47.6 Å². The van der Waals surface area contributed by atoms with Crippen LogP contribution in [0.5, 0.6) is 0 Å². The number of hydrogen-bond donors (Lipinski definition) is 3. The molecule has 0 spiro atoms. The molecule has 14 nitrogen and oxygen atoms in total.